The van der Waals surface area contributed by atoms with Crippen molar-refractivity contribution in [3.05, 3.63) is 143 Å². The van der Waals surface area contributed by atoms with E-state index in [0.717, 1.165) is 22.3 Å². The number of Topliss-reactive ketones (excluding diaryl/α,β-unsaturated/α-hetero) is 1. The van der Waals surface area contributed by atoms with Crippen molar-refractivity contribution in [2.75, 3.05) is 10.2 Å². The van der Waals surface area contributed by atoms with Gasteiger partial charge in [0.15, 0.2) is 5.78 Å². The Kier molecular flexibility index (Phi) is 18.7. The van der Waals surface area contributed by atoms with E-state index >= 15 is 0 Å². The zero-order chi connectivity index (χ0) is 58.5. The Morgan fingerprint density at radius 3 is 1.61 bits per heavy atom. The first kappa shape index (κ1) is 61.2. The molecule has 0 spiro atoms. The van der Waals surface area contributed by atoms with Crippen molar-refractivity contribution in [3.63, 3.8) is 0 Å². The van der Waals surface area contributed by atoms with E-state index in [4.69, 9.17) is 28.4 Å². The molecule has 426 valence electrons. The molecule has 0 saturated carbocycles. The van der Waals surface area contributed by atoms with Crippen LogP contribution in [-0.2, 0) is 57.4 Å². The average Bonchev–Trinajstić information content (AvgIpc) is 3.77. The molecule has 0 aromatic heterocycles. The lowest BCUT2D eigenvalue weighted by molar-refractivity contribution is -0.119. The molecule has 16 nitrogen and oxygen atoms in total. The second-order valence-electron chi connectivity index (χ2n) is 25.2. The molecule has 0 radical (unpaired) electrons. The fourth-order valence-corrected chi connectivity index (χ4v) is 9.48. The van der Waals surface area contributed by atoms with Crippen molar-refractivity contribution in [1.82, 2.24) is 9.80 Å². The van der Waals surface area contributed by atoms with Crippen LogP contribution in [-0.4, -0.2) is 91.7 Å². The van der Waals surface area contributed by atoms with Gasteiger partial charge >= 0.3 is 24.4 Å². The Balaban J connectivity index is 1.18. The normalized spacial score (nSPS) is 19.2. The average molecular weight is 1090 g/mol. The lowest BCUT2D eigenvalue weighted by Crippen LogP contribution is -2.50. The number of nitrogens with one attached hydrogen (secondary N) is 1. The van der Waals surface area contributed by atoms with Crippen molar-refractivity contribution >= 4 is 47.3 Å². The molecule has 6 rings (SSSR count). The molecule has 2 heterocycles. The van der Waals surface area contributed by atoms with Crippen LogP contribution in [0.25, 0.3) is 0 Å². The predicted octanol–water partition coefficient (Wildman–Crippen LogP) is 13.8. The van der Waals surface area contributed by atoms with Crippen LogP contribution in [0, 0.1) is 0 Å². The number of ketones is 2. The van der Waals surface area contributed by atoms with Gasteiger partial charge in [-0.3, -0.25) is 29.6 Å². The molecule has 0 unspecified atom stereocenters. The monoisotopic (exact) mass is 1090 g/mol. The fraction of sp³-hybridized carbons (Fsp3) is 0.492. The van der Waals surface area contributed by atoms with Gasteiger partial charge in [-0.25, -0.2) is 19.2 Å². The number of amides is 4. The lowest BCUT2D eigenvalue weighted by Gasteiger charge is -2.35. The van der Waals surface area contributed by atoms with E-state index in [1.165, 1.54) is 11.0 Å². The van der Waals surface area contributed by atoms with Gasteiger partial charge in [0.05, 0.1) is 18.6 Å². The number of allylic oxidation sites excluding steroid dienone is 1. The van der Waals surface area contributed by atoms with Gasteiger partial charge in [0, 0.05) is 30.6 Å². The van der Waals surface area contributed by atoms with Gasteiger partial charge in [-0.2, -0.15) is 0 Å². The number of anilines is 2. The summed E-state index contributed by atoms with van der Waals surface area (Å²) in [5.74, 6) is -0.243. The molecule has 4 amide bonds. The van der Waals surface area contributed by atoms with Crippen LogP contribution in [0.15, 0.2) is 115 Å². The number of nitrogens with zero attached hydrogens (tertiary/aromatic N) is 3. The smallest absolute Gasteiger partial charge is 0.415 e. The van der Waals surface area contributed by atoms with Crippen LogP contribution < -0.4 is 10.2 Å². The second-order valence-corrected chi connectivity index (χ2v) is 25.2. The van der Waals surface area contributed by atoms with Crippen molar-refractivity contribution < 1.29 is 57.2 Å². The van der Waals surface area contributed by atoms with Crippen LogP contribution >= 0.6 is 0 Å². The quantitative estimate of drug-likeness (QED) is 0.0881. The number of hydrogen-bond acceptors (Lipinski definition) is 12. The summed E-state index contributed by atoms with van der Waals surface area (Å²) in [6.45, 7) is 28.9. The molecule has 2 aliphatic rings. The highest BCUT2D eigenvalue weighted by Gasteiger charge is 2.52. The molecule has 79 heavy (non-hydrogen) atoms. The summed E-state index contributed by atoms with van der Waals surface area (Å²) in [5, 5.41) is 2.71. The van der Waals surface area contributed by atoms with Crippen LogP contribution in [0.3, 0.4) is 0 Å². The van der Waals surface area contributed by atoms with E-state index in [9.17, 15) is 28.8 Å². The molecule has 16 heteroatoms. The van der Waals surface area contributed by atoms with E-state index in [0.29, 0.717) is 16.9 Å². The molecule has 4 aromatic carbocycles. The third-order valence-corrected chi connectivity index (χ3v) is 12.7. The van der Waals surface area contributed by atoms with Crippen LogP contribution in [0.5, 0.6) is 0 Å². The molecule has 2 fully saturated rings. The molecular formula is C63H82N4O12. The van der Waals surface area contributed by atoms with Gasteiger partial charge in [0.25, 0.3) is 0 Å². The highest BCUT2D eigenvalue weighted by Crippen LogP contribution is 2.45. The molecule has 2 saturated heterocycles. The Bertz CT molecular complexity index is 2820. The summed E-state index contributed by atoms with van der Waals surface area (Å²) in [6.07, 6.45) is 0.360. The first-order valence-electron chi connectivity index (χ1n) is 27.0. The highest BCUT2D eigenvalue weighted by molar-refractivity contribution is 5.92. The van der Waals surface area contributed by atoms with Gasteiger partial charge in [0.1, 0.15) is 51.8 Å². The Morgan fingerprint density at radius 2 is 1.05 bits per heavy atom. The van der Waals surface area contributed by atoms with Crippen LogP contribution in [0.2, 0.25) is 0 Å². The number of ether oxygens (including phenoxy) is 6. The fourth-order valence-electron chi connectivity index (χ4n) is 9.48. The van der Waals surface area contributed by atoms with E-state index in [1.54, 1.807) is 175 Å². The summed E-state index contributed by atoms with van der Waals surface area (Å²) in [6, 6.07) is 30.1. The number of carbonyl (C=O) groups excluding carboxylic acids is 6. The van der Waals surface area contributed by atoms with Gasteiger partial charge in [-0.1, -0.05) is 84.9 Å². The number of carbonyl (C=O) groups is 6. The first-order valence-corrected chi connectivity index (χ1v) is 27.0. The van der Waals surface area contributed by atoms with E-state index in [1.807, 2.05) is 54.6 Å². The van der Waals surface area contributed by atoms with Gasteiger partial charge in [-0.15, -0.1) is 0 Å². The molecular weight excluding hydrogens is 1000 g/mol. The molecule has 4 aromatic rings. The third kappa shape index (κ3) is 17.5. The maximum Gasteiger partial charge on any atom is 0.415 e. The summed E-state index contributed by atoms with van der Waals surface area (Å²) >= 11 is 0. The number of benzene rings is 4. The van der Waals surface area contributed by atoms with Crippen molar-refractivity contribution in [2.24, 2.45) is 0 Å². The van der Waals surface area contributed by atoms with Crippen molar-refractivity contribution in [2.45, 2.75) is 201 Å². The molecule has 2 aliphatic heterocycles. The zero-order valence-corrected chi connectivity index (χ0v) is 49.1. The number of rotatable bonds is 15. The lowest BCUT2D eigenvalue weighted by atomic mass is 9.95. The summed E-state index contributed by atoms with van der Waals surface area (Å²) in [4.78, 5) is 85.8. The minimum Gasteiger partial charge on any atom is -0.444 e. The summed E-state index contributed by atoms with van der Waals surface area (Å²) in [5.41, 5.74) is -0.207. The van der Waals surface area contributed by atoms with E-state index in [-0.39, 0.29) is 43.8 Å². The van der Waals surface area contributed by atoms with E-state index < -0.39 is 82.5 Å². The van der Waals surface area contributed by atoms with Gasteiger partial charge < -0.3 is 28.4 Å². The zero-order valence-electron chi connectivity index (χ0n) is 49.1. The third-order valence-electron chi connectivity index (χ3n) is 12.7. The Labute approximate surface area is 467 Å². The predicted molar refractivity (Wildman–Crippen MR) is 303 cm³/mol. The molecule has 0 bridgehead atoms. The molecule has 4 atom stereocenters. The summed E-state index contributed by atoms with van der Waals surface area (Å²) in [7, 11) is 0. The largest absolute Gasteiger partial charge is 0.444 e. The molecule has 1 N–H and O–H groups in total. The van der Waals surface area contributed by atoms with E-state index in [2.05, 4.69) is 5.32 Å². The van der Waals surface area contributed by atoms with Crippen LogP contribution in [0.1, 0.15) is 164 Å². The van der Waals surface area contributed by atoms with Crippen molar-refractivity contribution in [1.29, 1.82) is 0 Å². The summed E-state index contributed by atoms with van der Waals surface area (Å²) < 4.78 is 36.1. The van der Waals surface area contributed by atoms with Crippen LogP contribution in [0.4, 0.5) is 30.6 Å². The number of hydrogen-bond donors (Lipinski definition) is 1. The highest BCUT2D eigenvalue weighted by atomic mass is 16.6. The SMILES string of the molecule is CC(C)(C)OC(=O)Nc1ccc(CC(=O)CC[C@@H]2[C@@H](c3ccc(CN(C(=O)OC(C)(C)C)c4ccc(CC(=O)/C=C/[C@@H]5[C@@H](c6ccccc6)OC(C)(C)N5C(=O)OC(C)(C)C)cc4)cc3)OC(C)(C)N2C(=O)OC(C)(C)C)cc1. The standard InChI is InChI=1S/C63H82N4O12/c1-58(2,3)76-54(70)64-46-30-24-41(25-31-46)38-48(68)35-37-51-53(75-63(15,16)67(51)57(73)79-61(10,11)12)45-28-22-43(23-29-45)40-65(55(71)77-59(4,5)6)47-32-26-42(27-33-47)39-49(69)34-36-50-52(44-20-18-17-19-21-44)74-62(13,14)66(50)56(72)78-60(7,8)9/h17-34,36,50-53H,35,37-40H2,1-16H3,(H,64,70)/b36-34+/t50-,51-,52-,53-/m1/s1. The maximum atomic E-state index is 14.0. The second kappa shape index (κ2) is 24.1. The van der Waals surface area contributed by atoms with Gasteiger partial charge in [-0.05, 0) is 175 Å². The molecule has 0 aliphatic carbocycles. The first-order chi connectivity index (χ1) is 36.6. The maximum absolute atomic E-state index is 14.0. The topological polar surface area (TPSA) is 180 Å². The Morgan fingerprint density at radius 1 is 0.570 bits per heavy atom. The minimum atomic E-state index is -1.10. The minimum absolute atomic E-state index is 0.0426. The Hall–Kier alpha value is -7.04. The van der Waals surface area contributed by atoms with Gasteiger partial charge in [0.2, 0.25) is 0 Å². The van der Waals surface area contributed by atoms with Crippen molar-refractivity contribution in [3.8, 4) is 0 Å².